The molecule has 2 aromatic rings. The third-order valence-corrected chi connectivity index (χ3v) is 9.78. The van der Waals surface area contributed by atoms with Gasteiger partial charge in [0.25, 0.3) is 5.91 Å². The second-order valence-corrected chi connectivity index (χ2v) is 17.0. The summed E-state index contributed by atoms with van der Waals surface area (Å²) in [5.41, 5.74) is 5.88. The lowest BCUT2D eigenvalue weighted by Crippen LogP contribution is -2.59. The molecule has 58 heavy (non-hydrogen) atoms. The molecule has 18 nitrogen and oxygen atoms in total. The first kappa shape index (κ1) is 43.9. The molecule has 1 saturated heterocycles. The van der Waals surface area contributed by atoms with E-state index in [9.17, 15) is 25.0 Å². The number of azide groups is 1. The number of carbonyl (C=O) groups excluding carboxylic acids is 4. The summed E-state index contributed by atoms with van der Waals surface area (Å²) >= 11 is 0. The van der Waals surface area contributed by atoms with Gasteiger partial charge < -0.3 is 34.1 Å². The third kappa shape index (κ3) is 10.4. The number of hydrogen-bond acceptors (Lipinski definition) is 13. The first-order valence-electron chi connectivity index (χ1n) is 19.1. The molecular weight excluding hydrogens is 752 g/mol. The molecule has 1 spiro atoms. The largest absolute Gasteiger partial charge is 0.459 e. The van der Waals surface area contributed by atoms with Crippen molar-refractivity contribution in [2.24, 2.45) is 27.9 Å². The van der Waals surface area contributed by atoms with E-state index in [0.717, 1.165) is 16.0 Å². The predicted octanol–water partition coefficient (Wildman–Crippen LogP) is 4.52. The van der Waals surface area contributed by atoms with E-state index in [4.69, 9.17) is 28.7 Å². The van der Waals surface area contributed by atoms with E-state index in [0.29, 0.717) is 0 Å². The molecule has 2 heterocycles. The van der Waals surface area contributed by atoms with Crippen LogP contribution in [0.15, 0.2) is 70.8 Å². The van der Waals surface area contributed by atoms with Crippen LogP contribution >= 0.6 is 0 Å². The maximum atomic E-state index is 15.2. The fraction of sp³-hybridized carbons (Fsp3) is 0.575. The van der Waals surface area contributed by atoms with Crippen molar-refractivity contribution in [2.45, 2.75) is 109 Å². The summed E-state index contributed by atoms with van der Waals surface area (Å²) in [6.45, 7) is 12.5. The lowest BCUT2D eigenvalue weighted by atomic mass is 9.75. The van der Waals surface area contributed by atoms with Crippen molar-refractivity contribution in [1.29, 1.82) is 0 Å². The standard InChI is InChI=1S/C40H54N8O10/c1-37(2,3)57-32(50)29-30(56-39(7,8)45-29)28-26(20-43-47-41)27(19-42-35(52)55-22-25-17-13-10-14-18-25)31(49)40(28)33(51)48(23-54-21-24-15-11-9-12-16-24)34(46-40)44-36(53)58-38(4,5)6/h9-18,26-31,45,49H,19-23H2,1-8H3,(H,42,52)(H,44,46,53)/t26-,27+,28-,29-,30?,31-,40-/m1/s1. The van der Waals surface area contributed by atoms with Crippen LogP contribution < -0.4 is 16.0 Å². The molecule has 0 radical (unpaired) electrons. The highest BCUT2D eigenvalue weighted by molar-refractivity contribution is 6.11. The molecule has 1 unspecified atom stereocenters. The lowest BCUT2D eigenvalue weighted by Gasteiger charge is -2.37. The molecular formula is C40H54N8O10. The van der Waals surface area contributed by atoms with Gasteiger partial charge in [-0.05, 0) is 78.0 Å². The summed E-state index contributed by atoms with van der Waals surface area (Å²) in [4.78, 5) is 64.4. The van der Waals surface area contributed by atoms with Crippen LogP contribution in [0.2, 0.25) is 0 Å². The molecule has 2 aromatic carbocycles. The second-order valence-electron chi connectivity index (χ2n) is 17.0. The number of benzene rings is 2. The summed E-state index contributed by atoms with van der Waals surface area (Å²) in [7, 11) is 0. The van der Waals surface area contributed by atoms with E-state index < -0.39 is 89.3 Å². The number of rotatable bonds is 12. The van der Waals surface area contributed by atoms with Crippen LogP contribution in [0.25, 0.3) is 10.4 Å². The predicted molar refractivity (Wildman–Crippen MR) is 209 cm³/mol. The van der Waals surface area contributed by atoms with Gasteiger partial charge in [-0.15, -0.1) is 0 Å². The van der Waals surface area contributed by atoms with E-state index in [2.05, 4.69) is 26.0 Å². The number of carbonyl (C=O) groups is 4. The highest BCUT2D eigenvalue weighted by Gasteiger charge is 2.72. The van der Waals surface area contributed by atoms with Gasteiger partial charge >= 0.3 is 18.2 Å². The Balaban J connectivity index is 1.59. The van der Waals surface area contributed by atoms with E-state index >= 15 is 4.79 Å². The molecule has 314 valence electrons. The Hall–Kier alpha value is -5.26. The zero-order valence-electron chi connectivity index (χ0n) is 34.1. The SMILES string of the molecule is CC(C)(C)OC(=O)NC1=N[C@@]2(C(=O)N1COCc1ccccc1)[C@H](O)[C@@H](CNC(=O)OCc1ccccc1)[C@@H](CN=[N+]=[N-])[C@@H]2C1OC(C)(C)N[C@H]1C(=O)OC(C)(C)C. The second kappa shape index (κ2) is 17.7. The molecule has 1 saturated carbocycles. The van der Waals surface area contributed by atoms with Crippen LogP contribution in [0, 0.1) is 17.8 Å². The summed E-state index contributed by atoms with van der Waals surface area (Å²) < 4.78 is 29.3. The van der Waals surface area contributed by atoms with Crippen LogP contribution in [0.1, 0.15) is 66.5 Å². The Morgan fingerprint density at radius 2 is 1.55 bits per heavy atom. The first-order valence-corrected chi connectivity index (χ1v) is 19.1. The average Bonchev–Trinajstić information content (AvgIpc) is 3.69. The maximum Gasteiger partial charge on any atom is 0.414 e. The number of aliphatic imine (C=N–C) groups is 1. The Morgan fingerprint density at radius 3 is 2.14 bits per heavy atom. The molecule has 7 atom stereocenters. The van der Waals surface area contributed by atoms with Gasteiger partial charge in [-0.25, -0.2) is 14.6 Å². The van der Waals surface area contributed by atoms with Gasteiger partial charge in [-0.2, -0.15) is 0 Å². The quantitative estimate of drug-likeness (QED) is 0.0765. The first-order chi connectivity index (χ1) is 27.2. The molecule has 2 fully saturated rings. The summed E-state index contributed by atoms with van der Waals surface area (Å²) in [6, 6.07) is 17.0. The number of hydrogen-bond donors (Lipinski definition) is 4. The number of esters is 1. The van der Waals surface area contributed by atoms with Gasteiger partial charge in [0.15, 0.2) is 5.54 Å². The number of alkyl carbamates (subject to hydrolysis) is 2. The van der Waals surface area contributed by atoms with Gasteiger partial charge in [0.1, 0.15) is 36.3 Å². The molecule has 5 rings (SSSR count). The van der Waals surface area contributed by atoms with Crippen molar-refractivity contribution in [3.05, 3.63) is 82.2 Å². The number of aliphatic hydroxyl groups excluding tert-OH is 1. The van der Waals surface area contributed by atoms with E-state index in [1.54, 1.807) is 79.7 Å². The average molecular weight is 807 g/mol. The van der Waals surface area contributed by atoms with Crippen molar-refractivity contribution in [3.63, 3.8) is 0 Å². The van der Waals surface area contributed by atoms with Crippen molar-refractivity contribution in [3.8, 4) is 0 Å². The lowest BCUT2D eigenvalue weighted by molar-refractivity contribution is -0.161. The van der Waals surface area contributed by atoms with Crippen molar-refractivity contribution < 1.29 is 48.0 Å². The highest BCUT2D eigenvalue weighted by Crippen LogP contribution is 2.54. The summed E-state index contributed by atoms with van der Waals surface area (Å²) in [6.07, 6.45) is -4.72. The van der Waals surface area contributed by atoms with E-state index in [-0.39, 0.29) is 32.3 Å². The minimum Gasteiger partial charge on any atom is -0.459 e. The molecule has 0 aromatic heterocycles. The van der Waals surface area contributed by atoms with Crippen molar-refractivity contribution in [2.75, 3.05) is 19.8 Å². The molecule has 2 aliphatic heterocycles. The number of amides is 3. The third-order valence-electron chi connectivity index (χ3n) is 9.78. The number of nitrogens with one attached hydrogen (secondary N) is 3. The van der Waals surface area contributed by atoms with Crippen LogP contribution in [0.3, 0.4) is 0 Å². The molecule has 3 amide bonds. The van der Waals surface area contributed by atoms with Crippen LogP contribution in [-0.2, 0) is 46.5 Å². The molecule has 0 bridgehead atoms. The Morgan fingerprint density at radius 1 is 0.948 bits per heavy atom. The summed E-state index contributed by atoms with van der Waals surface area (Å²) in [5, 5.41) is 24.9. The van der Waals surface area contributed by atoms with E-state index in [1.165, 1.54) is 0 Å². The number of guanidine groups is 1. The Kier molecular flexibility index (Phi) is 13.4. The molecule has 18 heteroatoms. The Labute approximate surface area is 337 Å². The van der Waals surface area contributed by atoms with Gasteiger partial charge in [-0.1, -0.05) is 65.8 Å². The van der Waals surface area contributed by atoms with Gasteiger partial charge in [0.05, 0.1) is 18.8 Å². The summed E-state index contributed by atoms with van der Waals surface area (Å²) in [5.74, 6) is -5.06. The Bertz CT molecular complexity index is 1880. The van der Waals surface area contributed by atoms with E-state index in [1.807, 2.05) is 36.4 Å². The number of nitrogens with zero attached hydrogens (tertiary/aromatic N) is 5. The van der Waals surface area contributed by atoms with Crippen molar-refractivity contribution in [1.82, 2.24) is 20.9 Å². The number of ether oxygens (including phenoxy) is 5. The van der Waals surface area contributed by atoms with Gasteiger partial charge in [0, 0.05) is 29.8 Å². The van der Waals surface area contributed by atoms with Gasteiger partial charge in [-0.3, -0.25) is 25.1 Å². The fourth-order valence-electron chi connectivity index (χ4n) is 7.65. The minimum atomic E-state index is -2.20. The maximum absolute atomic E-state index is 15.2. The van der Waals surface area contributed by atoms with Crippen LogP contribution in [0.5, 0.6) is 0 Å². The smallest absolute Gasteiger partial charge is 0.414 e. The normalized spacial score (nSPS) is 26.5. The molecule has 3 aliphatic rings. The highest BCUT2D eigenvalue weighted by atomic mass is 16.6. The fourth-order valence-corrected chi connectivity index (χ4v) is 7.65. The zero-order chi connectivity index (χ0) is 42.5. The van der Waals surface area contributed by atoms with Crippen molar-refractivity contribution >= 4 is 30.0 Å². The molecule has 4 N–H and O–H groups in total. The minimum absolute atomic E-state index is 0.0384. The van der Waals surface area contributed by atoms with Gasteiger partial charge in [0.2, 0.25) is 5.96 Å². The topological polar surface area (TPSA) is 235 Å². The zero-order valence-corrected chi connectivity index (χ0v) is 34.1. The van der Waals surface area contributed by atoms with Crippen LogP contribution in [-0.4, -0.2) is 101 Å². The monoisotopic (exact) mass is 806 g/mol. The molecule has 1 aliphatic carbocycles. The van der Waals surface area contributed by atoms with Crippen LogP contribution in [0.4, 0.5) is 9.59 Å². The number of aliphatic hydroxyl groups is 1.